The Kier molecular flexibility index (Phi) is 11.0. The summed E-state index contributed by atoms with van der Waals surface area (Å²) in [5.74, 6) is -1.61. The average Bonchev–Trinajstić information content (AvgIpc) is 2.54. The van der Waals surface area contributed by atoms with Crippen LogP contribution in [0.4, 0.5) is 0 Å². The highest BCUT2D eigenvalue weighted by molar-refractivity contribution is 6.03. The second kappa shape index (κ2) is 11.8. The maximum atomic E-state index is 12.4. The molecule has 0 fully saturated rings. The monoisotopic (exact) mass is 330 g/mol. The molecule has 0 aliphatic heterocycles. The van der Waals surface area contributed by atoms with Crippen LogP contribution in [0.3, 0.4) is 0 Å². The fourth-order valence-electron chi connectivity index (χ4n) is 1.87. The minimum atomic E-state index is -1.88. The Hall–Kier alpha value is -1.66. The number of carbonyl (C=O) groups is 2. The van der Waals surface area contributed by atoms with Crippen LogP contribution in [-0.4, -0.2) is 57.9 Å². The third kappa shape index (κ3) is 6.54. The molecule has 0 rings (SSSR count). The maximum Gasteiger partial charge on any atom is 0.350 e. The van der Waals surface area contributed by atoms with Gasteiger partial charge in [0.05, 0.1) is 19.8 Å². The van der Waals surface area contributed by atoms with Gasteiger partial charge in [0, 0.05) is 27.1 Å². The maximum absolute atomic E-state index is 12.4. The summed E-state index contributed by atoms with van der Waals surface area (Å²) in [5.41, 5.74) is 0.635. The van der Waals surface area contributed by atoms with Crippen molar-refractivity contribution in [1.29, 1.82) is 0 Å². The van der Waals surface area contributed by atoms with Crippen LogP contribution < -0.4 is 0 Å². The highest BCUT2D eigenvalue weighted by Crippen LogP contribution is 2.25. The minimum Gasteiger partial charge on any atom is -0.463 e. The van der Waals surface area contributed by atoms with Crippen molar-refractivity contribution in [2.75, 3.05) is 34.0 Å². The Morgan fingerprint density at radius 2 is 1.65 bits per heavy atom. The van der Waals surface area contributed by atoms with Crippen molar-refractivity contribution in [3.8, 4) is 0 Å². The van der Waals surface area contributed by atoms with Crippen molar-refractivity contribution < 1.29 is 33.3 Å². The van der Waals surface area contributed by atoms with Gasteiger partial charge in [-0.3, -0.25) is 0 Å². The van der Waals surface area contributed by atoms with Crippen LogP contribution in [-0.2, 0) is 33.3 Å². The van der Waals surface area contributed by atoms with Crippen LogP contribution in [0.2, 0.25) is 0 Å². The quantitative estimate of drug-likeness (QED) is 0.233. The molecule has 0 atom stereocenters. The van der Waals surface area contributed by atoms with Gasteiger partial charge in [0.25, 0.3) is 5.60 Å². The molecule has 0 N–H and O–H groups in total. The lowest BCUT2D eigenvalue weighted by Gasteiger charge is -2.29. The summed E-state index contributed by atoms with van der Waals surface area (Å²) in [6, 6.07) is 0. The smallest absolute Gasteiger partial charge is 0.350 e. The van der Waals surface area contributed by atoms with E-state index in [-0.39, 0.29) is 32.7 Å². The van der Waals surface area contributed by atoms with Crippen molar-refractivity contribution in [3.63, 3.8) is 0 Å². The number of rotatable bonds is 12. The van der Waals surface area contributed by atoms with E-state index in [4.69, 9.17) is 23.7 Å². The van der Waals surface area contributed by atoms with Crippen molar-refractivity contribution >= 4 is 11.9 Å². The van der Waals surface area contributed by atoms with E-state index in [1.165, 1.54) is 20.3 Å². The van der Waals surface area contributed by atoms with E-state index in [2.05, 4.69) is 12.3 Å². The molecule has 0 aromatic carbocycles. The fourth-order valence-corrected chi connectivity index (χ4v) is 1.87. The second-order valence-electron chi connectivity index (χ2n) is 4.43. The molecule has 0 aromatic rings. The van der Waals surface area contributed by atoms with Crippen molar-refractivity contribution in [1.82, 2.24) is 0 Å². The third-order valence-electron chi connectivity index (χ3n) is 3.03. The predicted molar refractivity (Wildman–Crippen MR) is 82.7 cm³/mol. The molecule has 0 spiro atoms. The van der Waals surface area contributed by atoms with Crippen LogP contribution in [0.5, 0.6) is 0 Å². The van der Waals surface area contributed by atoms with Gasteiger partial charge < -0.3 is 23.7 Å². The predicted octanol–water partition coefficient (Wildman–Crippen LogP) is 1.61. The van der Waals surface area contributed by atoms with Gasteiger partial charge >= 0.3 is 11.9 Å². The molecule has 0 unspecified atom stereocenters. The van der Waals surface area contributed by atoms with E-state index < -0.39 is 23.8 Å². The lowest BCUT2D eigenvalue weighted by molar-refractivity contribution is -0.193. The first-order valence-electron chi connectivity index (χ1n) is 7.40. The van der Waals surface area contributed by atoms with Crippen LogP contribution in [0, 0.1) is 0 Å². The van der Waals surface area contributed by atoms with Crippen LogP contribution in [0.25, 0.3) is 0 Å². The van der Waals surface area contributed by atoms with E-state index in [0.717, 1.165) is 0 Å². The molecule has 0 aromatic heterocycles. The van der Waals surface area contributed by atoms with Gasteiger partial charge in [-0.25, -0.2) is 9.59 Å². The highest BCUT2D eigenvalue weighted by Gasteiger charge is 2.50. The van der Waals surface area contributed by atoms with Crippen molar-refractivity contribution in [2.24, 2.45) is 0 Å². The van der Waals surface area contributed by atoms with Gasteiger partial charge in [0.1, 0.15) is 0 Å². The Morgan fingerprint density at radius 3 is 2.04 bits per heavy atom. The summed E-state index contributed by atoms with van der Waals surface area (Å²) in [6.07, 6.45) is 1.10. The molecule has 0 saturated carbocycles. The highest BCUT2D eigenvalue weighted by atomic mass is 16.7. The molecule has 0 aliphatic rings. The molecular weight excluding hydrogens is 304 g/mol. The fraction of sp³-hybridized carbons (Fsp3) is 0.688. The van der Waals surface area contributed by atoms with Gasteiger partial charge in [-0.2, -0.15) is 0 Å². The van der Waals surface area contributed by atoms with E-state index in [9.17, 15) is 9.59 Å². The molecular formula is C16H26O7. The lowest BCUT2D eigenvalue weighted by Crippen LogP contribution is -2.52. The number of hydrogen-bond donors (Lipinski definition) is 0. The molecule has 7 heteroatoms. The molecule has 0 bridgehead atoms. The third-order valence-corrected chi connectivity index (χ3v) is 3.03. The molecule has 0 aliphatic carbocycles. The molecule has 7 nitrogen and oxygen atoms in total. The second-order valence-corrected chi connectivity index (χ2v) is 4.43. The zero-order valence-corrected chi connectivity index (χ0v) is 14.3. The van der Waals surface area contributed by atoms with E-state index in [1.54, 1.807) is 13.8 Å². The summed E-state index contributed by atoms with van der Waals surface area (Å²) < 4.78 is 25.7. The number of methoxy groups -OCH3 is 2. The first-order valence-corrected chi connectivity index (χ1v) is 7.40. The number of hydrogen-bond acceptors (Lipinski definition) is 7. The number of esters is 2. The summed E-state index contributed by atoms with van der Waals surface area (Å²) >= 11 is 0. The van der Waals surface area contributed by atoms with Crippen molar-refractivity contribution in [2.45, 2.75) is 38.6 Å². The Bertz CT molecular complexity index is 391. The van der Waals surface area contributed by atoms with Crippen LogP contribution >= 0.6 is 0 Å². The van der Waals surface area contributed by atoms with Gasteiger partial charge in [0.2, 0.25) is 0 Å². The van der Waals surface area contributed by atoms with Gasteiger partial charge in [-0.1, -0.05) is 6.58 Å². The van der Waals surface area contributed by atoms with E-state index in [1.807, 2.05) is 0 Å². The largest absolute Gasteiger partial charge is 0.463 e. The molecule has 0 heterocycles. The topological polar surface area (TPSA) is 80.3 Å². The molecule has 0 radical (unpaired) electrons. The first-order chi connectivity index (χ1) is 11.0. The first kappa shape index (κ1) is 21.3. The van der Waals surface area contributed by atoms with E-state index >= 15 is 0 Å². The molecule has 0 saturated heterocycles. The molecule has 132 valence electrons. The van der Waals surface area contributed by atoms with Crippen LogP contribution in [0.1, 0.15) is 26.7 Å². The minimum absolute atomic E-state index is 0.0119. The Morgan fingerprint density at radius 1 is 1.13 bits per heavy atom. The Balaban J connectivity index is 5.46. The summed E-state index contributed by atoms with van der Waals surface area (Å²) in [5, 5.41) is 0. The van der Waals surface area contributed by atoms with E-state index in [0.29, 0.717) is 0 Å². The number of carbonyl (C=O) groups excluding carboxylic acids is 2. The van der Waals surface area contributed by atoms with Gasteiger partial charge in [-0.15, -0.1) is 5.73 Å². The van der Waals surface area contributed by atoms with Crippen molar-refractivity contribution in [3.05, 3.63) is 18.4 Å². The lowest BCUT2D eigenvalue weighted by atomic mass is 9.97. The summed E-state index contributed by atoms with van der Waals surface area (Å²) in [6.45, 7) is 6.88. The standard InChI is InChI=1S/C16H26O7/c1-6-9-12-23-16(14(17)21-7-2,15(18)22-8-3)11-10-13(19-4)20-5/h9,13H,1,7-8,10-12H2,2-5H3. The molecule has 0 amide bonds. The summed E-state index contributed by atoms with van der Waals surface area (Å²) in [4.78, 5) is 24.8. The SMILES string of the molecule is C=C=CCOC(CCC(OC)OC)(C(=O)OCC)C(=O)OCC. The number of ether oxygens (including phenoxy) is 5. The Labute approximate surface area is 137 Å². The average molecular weight is 330 g/mol. The van der Waals surface area contributed by atoms with Gasteiger partial charge in [0.15, 0.2) is 6.29 Å². The van der Waals surface area contributed by atoms with Gasteiger partial charge in [-0.05, 0) is 19.9 Å². The normalized spacial score (nSPS) is 11.0. The molecule has 23 heavy (non-hydrogen) atoms. The van der Waals surface area contributed by atoms with Crippen LogP contribution in [0.15, 0.2) is 18.4 Å². The zero-order valence-electron chi connectivity index (χ0n) is 14.3. The zero-order chi connectivity index (χ0) is 17.7. The summed E-state index contributed by atoms with van der Waals surface area (Å²) in [7, 11) is 2.93.